The number of rotatable bonds is 7. The van der Waals surface area contributed by atoms with E-state index in [1.54, 1.807) is 18.9 Å². The minimum atomic E-state index is 0.269. The Labute approximate surface area is 128 Å². The third-order valence-electron chi connectivity index (χ3n) is 3.06. The molecule has 0 heterocycles. The van der Waals surface area contributed by atoms with Crippen molar-refractivity contribution < 1.29 is 4.74 Å². The van der Waals surface area contributed by atoms with Crippen molar-refractivity contribution >= 4 is 11.8 Å². The second kappa shape index (κ2) is 8.25. The summed E-state index contributed by atoms with van der Waals surface area (Å²) in [5.41, 5.74) is 9.68. The van der Waals surface area contributed by atoms with E-state index >= 15 is 0 Å². The average Bonchev–Trinajstić information content (AvgIpc) is 2.55. The molecule has 0 aliphatic rings. The van der Waals surface area contributed by atoms with Crippen molar-refractivity contribution in [3.63, 3.8) is 0 Å². The van der Waals surface area contributed by atoms with Gasteiger partial charge < -0.3 is 4.74 Å². The Balaban J connectivity index is 2.12. The maximum Gasteiger partial charge on any atom is 0.118 e. The van der Waals surface area contributed by atoms with Crippen molar-refractivity contribution in [2.45, 2.75) is 16.6 Å². The minimum Gasteiger partial charge on any atom is -0.497 e. The smallest absolute Gasteiger partial charge is 0.118 e. The van der Waals surface area contributed by atoms with Crippen LogP contribution in [0.4, 0.5) is 0 Å². The van der Waals surface area contributed by atoms with Crippen LogP contribution in [-0.2, 0) is 0 Å². The Bertz CT molecular complexity index is 595. The number of nitrogens with zero attached hydrogens (tertiary/aromatic N) is 3. The Morgan fingerprint density at radius 2 is 1.86 bits per heavy atom. The molecular weight excluding hydrogens is 282 g/mol. The molecule has 0 saturated carbocycles. The largest absolute Gasteiger partial charge is 0.497 e. The van der Waals surface area contributed by atoms with Gasteiger partial charge in [-0.2, -0.15) is 0 Å². The summed E-state index contributed by atoms with van der Waals surface area (Å²) in [5.74, 6) is 0.852. The summed E-state index contributed by atoms with van der Waals surface area (Å²) in [6, 6.07) is 18.3. The van der Waals surface area contributed by atoms with Gasteiger partial charge in [0.05, 0.1) is 7.11 Å². The van der Waals surface area contributed by atoms with Gasteiger partial charge in [0.25, 0.3) is 0 Å². The number of benzene rings is 2. The molecule has 2 rings (SSSR count). The Morgan fingerprint density at radius 1 is 1.14 bits per heavy atom. The van der Waals surface area contributed by atoms with Crippen LogP contribution in [0.1, 0.15) is 17.2 Å². The number of methoxy groups -OCH3 is 1. The van der Waals surface area contributed by atoms with Gasteiger partial charge in [0.2, 0.25) is 0 Å². The van der Waals surface area contributed by atoms with E-state index in [1.165, 1.54) is 10.5 Å². The third-order valence-corrected chi connectivity index (χ3v) is 4.40. The zero-order valence-electron chi connectivity index (χ0n) is 11.8. The van der Waals surface area contributed by atoms with E-state index in [9.17, 15) is 0 Å². The van der Waals surface area contributed by atoms with Gasteiger partial charge in [0.15, 0.2) is 0 Å². The lowest BCUT2D eigenvalue weighted by Crippen LogP contribution is -1.96. The maximum absolute atomic E-state index is 8.43. The van der Waals surface area contributed by atoms with Gasteiger partial charge in [0, 0.05) is 21.6 Å². The molecule has 21 heavy (non-hydrogen) atoms. The van der Waals surface area contributed by atoms with Crippen LogP contribution < -0.4 is 4.74 Å². The Kier molecular flexibility index (Phi) is 6.00. The quantitative estimate of drug-likeness (QED) is 0.304. The second-order valence-electron chi connectivity index (χ2n) is 4.44. The lowest BCUT2D eigenvalue weighted by atomic mass is 10.1. The van der Waals surface area contributed by atoms with E-state index in [1.807, 2.05) is 42.5 Å². The van der Waals surface area contributed by atoms with Crippen molar-refractivity contribution in [2.24, 2.45) is 5.11 Å². The molecule has 1 atom stereocenters. The number of hydrogen-bond acceptors (Lipinski definition) is 3. The molecule has 0 radical (unpaired) electrons. The van der Waals surface area contributed by atoms with Crippen LogP contribution in [0.2, 0.25) is 0 Å². The molecule has 0 saturated heterocycles. The second-order valence-corrected chi connectivity index (χ2v) is 5.71. The van der Waals surface area contributed by atoms with Crippen molar-refractivity contribution in [1.29, 1.82) is 0 Å². The fourth-order valence-corrected chi connectivity index (χ4v) is 3.14. The zero-order valence-corrected chi connectivity index (χ0v) is 12.7. The summed E-state index contributed by atoms with van der Waals surface area (Å²) in [4.78, 5) is 4.00. The van der Waals surface area contributed by atoms with Crippen LogP contribution in [0.3, 0.4) is 0 Å². The first kappa shape index (κ1) is 15.3. The summed E-state index contributed by atoms with van der Waals surface area (Å²) >= 11 is 1.77. The summed E-state index contributed by atoms with van der Waals surface area (Å²) in [6.07, 6.45) is 0.810. The monoisotopic (exact) mass is 299 g/mol. The molecule has 108 valence electrons. The van der Waals surface area contributed by atoms with Crippen LogP contribution in [0.25, 0.3) is 10.4 Å². The average molecular weight is 299 g/mol. The molecule has 0 N–H and O–H groups in total. The van der Waals surface area contributed by atoms with E-state index in [-0.39, 0.29) is 5.25 Å². The molecule has 5 heteroatoms. The van der Waals surface area contributed by atoms with Crippen LogP contribution in [0, 0.1) is 0 Å². The van der Waals surface area contributed by atoms with E-state index in [0.717, 1.165) is 12.2 Å². The van der Waals surface area contributed by atoms with E-state index in [4.69, 9.17) is 10.3 Å². The molecule has 0 aliphatic carbocycles. The van der Waals surface area contributed by atoms with Gasteiger partial charge in [-0.3, -0.25) is 0 Å². The predicted molar refractivity (Wildman–Crippen MR) is 86.7 cm³/mol. The van der Waals surface area contributed by atoms with Gasteiger partial charge in [0.1, 0.15) is 5.75 Å². The molecule has 0 spiro atoms. The summed E-state index contributed by atoms with van der Waals surface area (Å²) in [6.45, 7) is 0.499. The van der Waals surface area contributed by atoms with Gasteiger partial charge in [-0.05, 0) is 41.8 Å². The summed E-state index contributed by atoms with van der Waals surface area (Å²) in [7, 11) is 1.66. The van der Waals surface area contributed by atoms with E-state index in [2.05, 4.69) is 22.2 Å². The topological polar surface area (TPSA) is 58.0 Å². The molecule has 0 bridgehead atoms. The molecule has 1 unspecified atom stereocenters. The van der Waals surface area contributed by atoms with Gasteiger partial charge in [-0.15, -0.1) is 11.8 Å². The Morgan fingerprint density at radius 3 is 2.48 bits per heavy atom. The number of hydrogen-bond donors (Lipinski definition) is 0. The highest BCUT2D eigenvalue weighted by Gasteiger charge is 2.12. The fourth-order valence-electron chi connectivity index (χ4n) is 2.00. The lowest BCUT2D eigenvalue weighted by Gasteiger charge is -2.16. The van der Waals surface area contributed by atoms with E-state index < -0.39 is 0 Å². The van der Waals surface area contributed by atoms with Crippen LogP contribution in [-0.4, -0.2) is 13.7 Å². The number of ether oxygens (including phenoxy) is 1. The molecular formula is C16H17N3OS. The van der Waals surface area contributed by atoms with Crippen molar-refractivity contribution in [1.82, 2.24) is 0 Å². The van der Waals surface area contributed by atoms with E-state index in [0.29, 0.717) is 6.54 Å². The van der Waals surface area contributed by atoms with Crippen molar-refractivity contribution in [3.8, 4) is 5.75 Å². The predicted octanol–water partition coefficient (Wildman–Crippen LogP) is 5.23. The molecule has 0 aliphatic heterocycles. The Hall–Kier alpha value is -2.10. The van der Waals surface area contributed by atoms with Gasteiger partial charge in [-0.1, -0.05) is 35.4 Å². The highest BCUT2D eigenvalue weighted by Crippen LogP contribution is 2.38. The molecule has 0 aromatic heterocycles. The summed E-state index contributed by atoms with van der Waals surface area (Å²) < 4.78 is 5.17. The third kappa shape index (κ3) is 4.74. The van der Waals surface area contributed by atoms with Crippen LogP contribution >= 0.6 is 11.8 Å². The minimum absolute atomic E-state index is 0.269. The molecule has 2 aromatic carbocycles. The highest BCUT2D eigenvalue weighted by molar-refractivity contribution is 7.99. The molecule has 0 fully saturated rings. The lowest BCUT2D eigenvalue weighted by molar-refractivity contribution is 0.414. The first-order valence-corrected chi connectivity index (χ1v) is 7.58. The maximum atomic E-state index is 8.43. The fraction of sp³-hybridized carbons (Fsp3) is 0.250. The van der Waals surface area contributed by atoms with Crippen molar-refractivity contribution in [2.75, 3.05) is 13.7 Å². The van der Waals surface area contributed by atoms with Crippen molar-refractivity contribution in [3.05, 3.63) is 70.6 Å². The first-order valence-electron chi connectivity index (χ1n) is 6.70. The highest BCUT2D eigenvalue weighted by atomic mass is 32.2. The SMILES string of the molecule is COc1ccc(SC(CCN=[N+]=[N-])c2ccccc2)cc1. The van der Waals surface area contributed by atoms with Gasteiger partial charge in [-0.25, -0.2) is 0 Å². The van der Waals surface area contributed by atoms with Crippen LogP contribution in [0.15, 0.2) is 64.6 Å². The summed E-state index contributed by atoms with van der Waals surface area (Å²) in [5, 5.41) is 3.92. The molecule has 2 aromatic rings. The molecule has 4 nitrogen and oxygen atoms in total. The molecule has 0 amide bonds. The normalized spacial score (nSPS) is 11.5. The van der Waals surface area contributed by atoms with Crippen LogP contribution in [0.5, 0.6) is 5.75 Å². The van der Waals surface area contributed by atoms with Gasteiger partial charge >= 0.3 is 0 Å². The first-order chi connectivity index (χ1) is 10.3. The number of azide groups is 1. The number of thioether (sulfide) groups is 1. The standard InChI is InChI=1S/C16H17N3OS/c1-20-14-7-9-15(10-8-14)21-16(11-12-18-19-17)13-5-3-2-4-6-13/h2-10,16H,11-12H2,1H3. The zero-order chi connectivity index (χ0) is 14.9.